The van der Waals surface area contributed by atoms with E-state index < -0.39 is 0 Å². The van der Waals surface area contributed by atoms with Crippen LogP contribution in [0, 0.1) is 6.92 Å². The molecule has 2 aromatic heterocycles. The first-order valence-electron chi connectivity index (χ1n) is 7.44. The van der Waals surface area contributed by atoms with Gasteiger partial charge < -0.3 is 4.90 Å². The van der Waals surface area contributed by atoms with Crippen molar-refractivity contribution in [1.29, 1.82) is 0 Å². The van der Waals surface area contributed by atoms with Crippen LogP contribution in [0.15, 0.2) is 53.6 Å². The number of amides is 1. The van der Waals surface area contributed by atoms with Gasteiger partial charge in [0.2, 0.25) is 0 Å². The number of fused-ring (bicyclic) bond motifs is 1. The van der Waals surface area contributed by atoms with E-state index in [1.807, 2.05) is 31.2 Å². The van der Waals surface area contributed by atoms with Crippen molar-refractivity contribution in [1.82, 2.24) is 14.3 Å². The lowest BCUT2D eigenvalue weighted by Gasteiger charge is -2.17. The first-order chi connectivity index (χ1) is 11.5. The molecule has 0 aliphatic carbocycles. The number of halogens is 1. The van der Waals surface area contributed by atoms with Crippen molar-refractivity contribution in [2.75, 3.05) is 7.05 Å². The number of pyridine rings is 1. The number of aryl methyl sites for hydroxylation is 1. The molecule has 1 aromatic carbocycles. The molecule has 0 unspecified atom stereocenters. The molecule has 24 heavy (non-hydrogen) atoms. The third-order valence-corrected chi connectivity index (χ3v) is 4.16. The Morgan fingerprint density at radius 2 is 2.00 bits per heavy atom. The van der Waals surface area contributed by atoms with Gasteiger partial charge >= 0.3 is 0 Å². The second-order valence-corrected chi connectivity index (χ2v) is 6.07. The van der Waals surface area contributed by atoms with Crippen molar-refractivity contribution < 1.29 is 4.79 Å². The summed E-state index contributed by atoms with van der Waals surface area (Å²) in [5.74, 6) is -0.386. The Labute approximate surface area is 144 Å². The number of aromatic nitrogens is 2. The van der Waals surface area contributed by atoms with E-state index in [-0.39, 0.29) is 17.0 Å². The molecule has 3 aromatic rings. The van der Waals surface area contributed by atoms with Gasteiger partial charge in [-0.1, -0.05) is 35.9 Å². The molecule has 2 heterocycles. The predicted octanol–water partition coefficient (Wildman–Crippen LogP) is 2.93. The van der Waals surface area contributed by atoms with Gasteiger partial charge in [-0.05, 0) is 30.2 Å². The molecule has 5 nitrogen and oxygen atoms in total. The Bertz CT molecular complexity index is 981. The molecule has 0 aliphatic rings. The fourth-order valence-electron chi connectivity index (χ4n) is 2.49. The summed E-state index contributed by atoms with van der Waals surface area (Å²) in [5, 5.41) is 0.584. The summed E-state index contributed by atoms with van der Waals surface area (Å²) >= 11 is 6.13. The molecule has 0 N–H and O–H groups in total. The highest BCUT2D eigenvalue weighted by Gasteiger charge is 2.18. The second kappa shape index (κ2) is 6.45. The molecule has 0 atom stereocenters. The topological polar surface area (TPSA) is 54.7 Å². The third-order valence-electron chi connectivity index (χ3n) is 3.79. The molecule has 0 aliphatic heterocycles. The number of hydrogen-bond donors (Lipinski definition) is 0. The molecule has 0 spiro atoms. The summed E-state index contributed by atoms with van der Waals surface area (Å²) in [5.41, 5.74) is 1.91. The quantitative estimate of drug-likeness (QED) is 0.736. The first kappa shape index (κ1) is 16.2. The van der Waals surface area contributed by atoms with Gasteiger partial charge in [-0.2, -0.15) is 0 Å². The Hall–Kier alpha value is -2.66. The van der Waals surface area contributed by atoms with Crippen molar-refractivity contribution >= 4 is 23.2 Å². The highest BCUT2D eigenvalue weighted by Crippen LogP contribution is 2.17. The van der Waals surface area contributed by atoms with Gasteiger partial charge in [-0.3, -0.25) is 14.0 Å². The molecular weight excluding hydrogens is 326 g/mol. The lowest BCUT2D eigenvalue weighted by Crippen LogP contribution is -2.33. The summed E-state index contributed by atoms with van der Waals surface area (Å²) in [6.45, 7) is 2.19. The van der Waals surface area contributed by atoms with E-state index in [1.165, 1.54) is 15.5 Å². The average molecular weight is 342 g/mol. The van der Waals surface area contributed by atoms with Crippen molar-refractivity contribution in [3.05, 3.63) is 80.9 Å². The molecule has 122 valence electrons. The maximum absolute atomic E-state index is 12.6. The van der Waals surface area contributed by atoms with Crippen LogP contribution in [0.2, 0.25) is 5.02 Å². The van der Waals surface area contributed by atoms with Crippen LogP contribution in [0.3, 0.4) is 0 Å². The standard InChI is InChI=1S/C18H16ClN3O2/c1-12-7-8-16-20-9-14(18(24)22(16)10-12)17(23)21(2)11-13-5-3-4-6-15(13)19/h3-10H,11H2,1-2H3. The van der Waals surface area contributed by atoms with Crippen molar-refractivity contribution in [2.24, 2.45) is 0 Å². The smallest absolute Gasteiger partial charge is 0.270 e. The maximum atomic E-state index is 12.6. The molecular formula is C18H16ClN3O2. The molecule has 0 saturated carbocycles. The van der Waals surface area contributed by atoms with Crippen LogP contribution in [0.5, 0.6) is 0 Å². The van der Waals surface area contributed by atoms with E-state index >= 15 is 0 Å². The minimum absolute atomic E-state index is 0.0349. The summed E-state index contributed by atoms with van der Waals surface area (Å²) < 4.78 is 1.39. The summed E-state index contributed by atoms with van der Waals surface area (Å²) in [4.78, 5) is 30.9. The maximum Gasteiger partial charge on any atom is 0.270 e. The van der Waals surface area contributed by atoms with E-state index in [1.54, 1.807) is 25.4 Å². The van der Waals surface area contributed by atoms with E-state index in [9.17, 15) is 9.59 Å². The molecule has 0 radical (unpaired) electrons. The Balaban J connectivity index is 1.95. The zero-order valence-corrected chi connectivity index (χ0v) is 14.1. The predicted molar refractivity (Wildman–Crippen MR) is 93.4 cm³/mol. The van der Waals surface area contributed by atoms with Crippen LogP contribution in [-0.2, 0) is 6.54 Å². The molecule has 3 rings (SSSR count). The van der Waals surface area contributed by atoms with E-state index in [0.717, 1.165) is 11.1 Å². The third kappa shape index (κ3) is 3.03. The first-order valence-corrected chi connectivity index (χ1v) is 7.82. The highest BCUT2D eigenvalue weighted by molar-refractivity contribution is 6.31. The summed E-state index contributed by atoms with van der Waals surface area (Å²) in [6.07, 6.45) is 3.01. The molecule has 0 bridgehead atoms. The largest absolute Gasteiger partial charge is 0.337 e. The number of carbonyl (C=O) groups excluding carboxylic acids is 1. The van der Waals surface area contributed by atoms with Crippen LogP contribution in [0.1, 0.15) is 21.5 Å². The Kier molecular flexibility index (Phi) is 4.36. The summed E-state index contributed by atoms with van der Waals surface area (Å²) in [6, 6.07) is 10.9. The van der Waals surface area contributed by atoms with Gasteiger partial charge in [0.25, 0.3) is 11.5 Å². The lowest BCUT2D eigenvalue weighted by molar-refractivity contribution is 0.0783. The average Bonchev–Trinajstić information content (AvgIpc) is 2.57. The zero-order valence-electron chi connectivity index (χ0n) is 13.4. The zero-order chi connectivity index (χ0) is 17.3. The van der Waals surface area contributed by atoms with Crippen LogP contribution in [-0.4, -0.2) is 27.2 Å². The molecule has 0 saturated heterocycles. The SMILES string of the molecule is Cc1ccc2ncc(C(=O)N(C)Cc3ccccc3Cl)c(=O)n2c1. The molecule has 1 amide bonds. The Morgan fingerprint density at radius 3 is 2.75 bits per heavy atom. The fourth-order valence-corrected chi connectivity index (χ4v) is 2.68. The lowest BCUT2D eigenvalue weighted by atomic mass is 10.2. The minimum atomic E-state index is -0.386. The van der Waals surface area contributed by atoms with Crippen LogP contribution >= 0.6 is 11.6 Å². The number of hydrogen-bond acceptors (Lipinski definition) is 3. The number of benzene rings is 1. The number of nitrogens with zero attached hydrogens (tertiary/aromatic N) is 3. The normalized spacial score (nSPS) is 10.8. The summed E-state index contributed by atoms with van der Waals surface area (Å²) in [7, 11) is 1.64. The molecule has 0 fully saturated rings. The van der Waals surface area contributed by atoms with Gasteiger partial charge in [0.05, 0.1) is 0 Å². The van der Waals surface area contributed by atoms with Crippen LogP contribution in [0.4, 0.5) is 0 Å². The van der Waals surface area contributed by atoms with Gasteiger partial charge in [-0.25, -0.2) is 4.98 Å². The fraction of sp³-hybridized carbons (Fsp3) is 0.167. The van der Waals surface area contributed by atoms with Gasteiger partial charge in [-0.15, -0.1) is 0 Å². The number of rotatable bonds is 3. The minimum Gasteiger partial charge on any atom is -0.337 e. The molecule has 6 heteroatoms. The van der Waals surface area contributed by atoms with Crippen LogP contribution < -0.4 is 5.56 Å². The van der Waals surface area contributed by atoms with Crippen molar-refractivity contribution in [3.8, 4) is 0 Å². The van der Waals surface area contributed by atoms with E-state index in [2.05, 4.69) is 4.98 Å². The van der Waals surface area contributed by atoms with Gasteiger partial charge in [0.1, 0.15) is 11.2 Å². The van der Waals surface area contributed by atoms with Gasteiger partial charge in [0, 0.05) is 31.0 Å². The number of carbonyl (C=O) groups is 1. The van der Waals surface area contributed by atoms with Crippen molar-refractivity contribution in [2.45, 2.75) is 13.5 Å². The Morgan fingerprint density at radius 1 is 1.25 bits per heavy atom. The monoisotopic (exact) mass is 341 g/mol. The second-order valence-electron chi connectivity index (χ2n) is 5.66. The highest BCUT2D eigenvalue weighted by atomic mass is 35.5. The van der Waals surface area contributed by atoms with Crippen molar-refractivity contribution in [3.63, 3.8) is 0 Å². The van der Waals surface area contributed by atoms with Crippen LogP contribution in [0.25, 0.3) is 5.65 Å². The van der Waals surface area contributed by atoms with Gasteiger partial charge in [0.15, 0.2) is 0 Å². The van der Waals surface area contributed by atoms with E-state index in [0.29, 0.717) is 17.2 Å². The van der Waals surface area contributed by atoms with E-state index in [4.69, 9.17) is 11.6 Å².